The van der Waals surface area contributed by atoms with Gasteiger partial charge in [0, 0.05) is 30.6 Å². The van der Waals surface area contributed by atoms with Crippen LogP contribution in [0.3, 0.4) is 0 Å². The average Bonchev–Trinajstić information content (AvgIpc) is 3.19. The summed E-state index contributed by atoms with van der Waals surface area (Å²) in [5, 5.41) is 2.98. The molecule has 20 heavy (non-hydrogen) atoms. The molecule has 2 amide bonds. The highest BCUT2D eigenvalue weighted by Gasteiger charge is 2.33. The fourth-order valence-corrected chi connectivity index (χ4v) is 2.53. The third-order valence-electron chi connectivity index (χ3n) is 3.84. The first-order chi connectivity index (χ1) is 9.63. The van der Waals surface area contributed by atoms with E-state index in [9.17, 15) is 14.0 Å². The van der Waals surface area contributed by atoms with Crippen LogP contribution in [0.15, 0.2) is 24.3 Å². The quantitative estimate of drug-likeness (QED) is 0.911. The molecule has 4 nitrogen and oxygen atoms in total. The SMILES string of the molecule is O=C(NC1CCN(C(=O)c2cccc(F)c2)C1)C1CC1. The summed E-state index contributed by atoms with van der Waals surface area (Å²) >= 11 is 0. The van der Waals surface area contributed by atoms with Crippen molar-refractivity contribution in [3.05, 3.63) is 35.6 Å². The van der Waals surface area contributed by atoms with E-state index in [1.54, 1.807) is 11.0 Å². The maximum Gasteiger partial charge on any atom is 0.254 e. The number of carbonyl (C=O) groups excluding carboxylic acids is 2. The van der Waals surface area contributed by atoms with Crippen molar-refractivity contribution in [2.75, 3.05) is 13.1 Å². The van der Waals surface area contributed by atoms with Gasteiger partial charge in [-0.15, -0.1) is 0 Å². The van der Waals surface area contributed by atoms with E-state index in [-0.39, 0.29) is 23.8 Å². The number of benzene rings is 1. The first-order valence-corrected chi connectivity index (χ1v) is 6.99. The van der Waals surface area contributed by atoms with Crippen molar-refractivity contribution in [2.24, 2.45) is 5.92 Å². The number of halogens is 1. The van der Waals surface area contributed by atoms with Crippen LogP contribution < -0.4 is 5.32 Å². The molecule has 106 valence electrons. The molecule has 1 aromatic carbocycles. The molecular weight excluding hydrogens is 259 g/mol. The van der Waals surface area contributed by atoms with Gasteiger partial charge in [-0.1, -0.05) is 6.07 Å². The van der Waals surface area contributed by atoms with Crippen molar-refractivity contribution in [1.82, 2.24) is 10.2 Å². The zero-order valence-electron chi connectivity index (χ0n) is 11.1. The van der Waals surface area contributed by atoms with Crippen molar-refractivity contribution < 1.29 is 14.0 Å². The number of carbonyl (C=O) groups is 2. The normalized spacial score (nSPS) is 21.9. The van der Waals surface area contributed by atoms with Crippen molar-refractivity contribution >= 4 is 11.8 Å². The molecule has 1 aliphatic heterocycles. The molecule has 0 aromatic heterocycles. The lowest BCUT2D eigenvalue weighted by molar-refractivity contribution is -0.122. The van der Waals surface area contributed by atoms with Crippen LogP contribution in [-0.4, -0.2) is 35.8 Å². The van der Waals surface area contributed by atoms with Crippen molar-refractivity contribution in [1.29, 1.82) is 0 Å². The monoisotopic (exact) mass is 276 g/mol. The van der Waals surface area contributed by atoms with Gasteiger partial charge in [0.2, 0.25) is 5.91 Å². The molecule has 0 bridgehead atoms. The Balaban J connectivity index is 1.58. The van der Waals surface area contributed by atoms with Crippen LogP contribution in [0.2, 0.25) is 0 Å². The van der Waals surface area contributed by atoms with Crippen LogP contribution in [0, 0.1) is 11.7 Å². The van der Waals surface area contributed by atoms with Crippen molar-refractivity contribution in [2.45, 2.75) is 25.3 Å². The first-order valence-electron chi connectivity index (χ1n) is 6.99. The van der Waals surface area contributed by atoms with Gasteiger partial charge in [0.15, 0.2) is 0 Å². The summed E-state index contributed by atoms with van der Waals surface area (Å²) in [5.41, 5.74) is 0.360. The Bertz CT molecular complexity index is 542. The van der Waals surface area contributed by atoms with E-state index in [2.05, 4.69) is 5.32 Å². The fourth-order valence-electron chi connectivity index (χ4n) is 2.53. The van der Waals surface area contributed by atoms with Gasteiger partial charge < -0.3 is 10.2 Å². The van der Waals surface area contributed by atoms with Gasteiger partial charge in [-0.05, 0) is 37.5 Å². The smallest absolute Gasteiger partial charge is 0.254 e. The number of hydrogen-bond donors (Lipinski definition) is 1. The van der Waals surface area contributed by atoms with Gasteiger partial charge in [-0.25, -0.2) is 4.39 Å². The van der Waals surface area contributed by atoms with E-state index >= 15 is 0 Å². The number of rotatable bonds is 3. The van der Waals surface area contributed by atoms with Crippen molar-refractivity contribution in [3.63, 3.8) is 0 Å². The first kappa shape index (κ1) is 13.1. The molecule has 1 unspecified atom stereocenters. The number of hydrogen-bond acceptors (Lipinski definition) is 2. The summed E-state index contributed by atoms with van der Waals surface area (Å²) < 4.78 is 13.1. The number of nitrogens with one attached hydrogen (secondary N) is 1. The highest BCUT2D eigenvalue weighted by atomic mass is 19.1. The van der Waals surface area contributed by atoms with Crippen LogP contribution in [0.1, 0.15) is 29.6 Å². The van der Waals surface area contributed by atoms with E-state index in [0.29, 0.717) is 18.7 Å². The maximum atomic E-state index is 13.1. The molecule has 0 spiro atoms. The number of nitrogens with zero attached hydrogens (tertiary/aromatic N) is 1. The molecule has 1 aliphatic carbocycles. The molecular formula is C15H17FN2O2. The van der Waals surface area contributed by atoms with Crippen LogP contribution in [0.5, 0.6) is 0 Å². The summed E-state index contributed by atoms with van der Waals surface area (Å²) in [6.45, 7) is 1.11. The predicted molar refractivity (Wildman–Crippen MR) is 71.6 cm³/mol. The Morgan fingerprint density at radius 1 is 1.25 bits per heavy atom. The minimum absolute atomic E-state index is 0.0283. The molecule has 2 aliphatic rings. The van der Waals surface area contributed by atoms with E-state index in [4.69, 9.17) is 0 Å². The second kappa shape index (κ2) is 5.23. The molecule has 0 radical (unpaired) electrons. The molecule has 3 rings (SSSR count). The zero-order chi connectivity index (χ0) is 14.1. The van der Waals surface area contributed by atoms with Gasteiger partial charge >= 0.3 is 0 Å². The molecule has 5 heteroatoms. The van der Waals surface area contributed by atoms with Gasteiger partial charge in [0.1, 0.15) is 5.82 Å². The lowest BCUT2D eigenvalue weighted by Gasteiger charge is -2.17. The van der Waals surface area contributed by atoms with Gasteiger partial charge in [-0.3, -0.25) is 9.59 Å². The summed E-state index contributed by atoms with van der Waals surface area (Å²) in [7, 11) is 0. The summed E-state index contributed by atoms with van der Waals surface area (Å²) in [6, 6.07) is 5.74. The van der Waals surface area contributed by atoms with Crippen molar-refractivity contribution in [3.8, 4) is 0 Å². The largest absolute Gasteiger partial charge is 0.351 e. The van der Waals surface area contributed by atoms with Crippen LogP contribution in [0.25, 0.3) is 0 Å². The van der Waals surface area contributed by atoms with Gasteiger partial charge in [0.25, 0.3) is 5.91 Å². The third-order valence-corrected chi connectivity index (χ3v) is 3.84. The molecule has 1 aromatic rings. The maximum absolute atomic E-state index is 13.1. The Morgan fingerprint density at radius 3 is 2.75 bits per heavy atom. The number of amides is 2. The van der Waals surface area contributed by atoms with E-state index in [0.717, 1.165) is 19.3 Å². The standard InChI is InChI=1S/C15H17FN2O2/c16-12-3-1-2-11(8-12)15(20)18-7-6-13(9-18)17-14(19)10-4-5-10/h1-3,8,10,13H,4-7,9H2,(H,17,19). The van der Waals surface area contributed by atoms with E-state index in [1.165, 1.54) is 18.2 Å². The Labute approximate surface area is 117 Å². The number of likely N-dealkylation sites (tertiary alicyclic amines) is 1. The Morgan fingerprint density at radius 2 is 2.05 bits per heavy atom. The zero-order valence-corrected chi connectivity index (χ0v) is 11.1. The van der Waals surface area contributed by atoms with E-state index in [1.807, 2.05) is 0 Å². The second-order valence-corrected chi connectivity index (χ2v) is 5.53. The minimum Gasteiger partial charge on any atom is -0.351 e. The third kappa shape index (κ3) is 2.81. The fraction of sp³-hybridized carbons (Fsp3) is 0.467. The highest BCUT2D eigenvalue weighted by Crippen LogP contribution is 2.29. The Hall–Kier alpha value is -1.91. The van der Waals surface area contributed by atoms with Gasteiger partial charge in [-0.2, -0.15) is 0 Å². The van der Waals surface area contributed by atoms with Gasteiger partial charge in [0.05, 0.1) is 0 Å². The summed E-state index contributed by atoms with van der Waals surface area (Å²) in [4.78, 5) is 25.6. The molecule has 1 saturated heterocycles. The minimum atomic E-state index is -0.409. The van der Waals surface area contributed by atoms with Crippen LogP contribution in [-0.2, 0) is 4.79 Å². The predicted octanol–water partition coefficient (Wildman–Crippen LogP) is 1.57. The molecule has 1 heterocycles. The van der Waals surface area contributed by atoms with Crippen LogP contribution >= 0.6 is 0 Å². The molecule has 1 N–H and O–H groups in total. The highest BCUT2D eigenvalue weighted by molar-refractivity contribution is 5.94. The lowest BCUT2D eigenvalue weighted by Crippen LogP contribution is -2.39. The molecule has 1 saturated carbocycles. The summed E-state index contributed by atoms with van der Waals surface area (Å²) in [5.74, 6) is -0.292. The second-order valence-electron chi connectivity index (χ2n) is 5.53. The molecule has 2 fully saturated rings. The van der Waals surface area contributed by atoms with E-state index < -0.39 is 5.82 Å². The molecule has 1 atom stereocenters. The lowest BCUT2D eigenvalue weighted by atomic mass is 10.2. The Kier molecular flexibility index (Phi) is 3.42. The summed E-state index contributed by atoms with van der Waals surface area (Å²) in [6.07, 6.45) is 2.72. The average molecular weight is 276 g/mol. The topological polar surface area (TPSA) is 49.4 Å². The van der Waals surface area contributed by atoms with Crippen LogP contribution in [0.4, 0.5) is 4.39 Å².